The lowest BCUT2D eigenvalue weighted by Crippen LogP contribution is -2.41. The molecule has 0 spiro atoms. The van der Waals surface area contributed by atoms with Crippen LogP contribution in [0, 0.1) is 0 Å². The Morgan fingerprint density at radius 3 is 2.82 bits per heavy atom. The molecule has 1 N–H and O–H groups in total. The second-order valence-electron chi connectivity index (χ2n) is 4.42. The number of aromatic nitrogens is 2. The van der Waals surface area contributed by atoms with Crippen molar-refractivity contribution in [3.63, 3.8) is 0 Å². The van der Waals surface area contributed by atoms with E-state index in [1.54, 1.807) is 12.5 Å². The van der Waals surface area contributed by atoms with Crippen molar-refractivity contribution in [3.05, 3.63) is 18.7 Å². The summed E-state index contributed by atoms with van der Waals surface area (Å²) in [5, 5.41) is 3.18. The second-order valence-corrected chi connectivity index (χ2v) is 4.42. The Morgan fingerprint density at radius 2 is 2.12 bits per heavy atom. The van der Waals surface area contributed by atoms with Crippen molar-refractivity contribution in [2.24, 2.45) is 0 Å². The number of amides is 1. The van der Waals surface area contributed by atoms with Crippen molar-refractivity contribution in [2.45, 2.75) is 25.8 Å². The van der Waals surface area contributed by atoms with E-state index < -0.39 is 0 Å². The molecular formula is C12H20N4O. The maximum absolute atomic E-state index is 11.8. The third-order valence-electron chi connectivity index (χ3n) is 3.09. The van der Waals surface area contributed by atoms with Gasteiger partial charge in [-0.2, -0.15) is 0 Å². The molecular weight excluding hydrogens is 216 g/mol. The van der Waals surface area contributed by atoms with E-state index in [2.05, 4.69) is 10.3 Å². The van der Waals surface area contributed by atoms with Crippen LogP contribution in [-0.2, 0) is 11.3 Å². The first-order chi connectivity index (χ1) is 8.36. The zero-order chi connectivity index (χ0) is 11.9. The van der Waals surface area contributed by atoms with Crippen molar-refractivity contribution in [1.82, 2.24) is 19.8 Å². The van der Waals surface area contributed by atoms with E-state index >= 15 is 0 Å². The van der Waals surface area contributed by atoms with Crippen LogP contribution in [0.4, 0.5) is 0 Å². The molecule has 0 radical (unpaired) electrons. The standard InChI is InChI=1S/C12H20N4O/c17-12(16-6-2-1-3-7-16)10-13-4-8-15-9-5-14-11-15/h5,9,11,13H,1-4,6-8,10H2. The van der Waals surface area contributed by atoms with E-state index in [0.29, 0.717) is 6.54 Å². The highest BCUT2D eigenvalue weighted by Crippen LogP contribution is 2.07. The zero-order valence-corrected chi connectivity index (χ0v) is 10.1. The molecule has 94 valence electrons. The Labute approximate surface area is 102 Å². The molecule has 1 aromatic heterocycles. The fraction of sp³-hybridized carbons (Fsp3) is 0.667. The zero-order valence-electron chi connectivity index (χ0n) is 10.1. The van der Waals surface area contributed by atoms with Gasteiger partial charge < -0.3 is 14.8 Å². The first-order valence-electron chi connectivity index (χ1n) is 6.30. The molecule has 2 rings (SSSR count). The first-order valence-corrected chi connectivity index (χ1v) is 6.30. The van der Waals surface area contributed by atoms with E-state index in [1.807, 2.05) is 15.7 Å². The summed E-state index contributed by atoms with van der Waals surface area (Å²) in [6.07, 6.45) is 9.04. The maximum Gasteiger partial charge on any atom is 0.236 e. The molecule has 17 heavy (non-hydrogen) atoms. The van der Waals surface area contributed by atoms with E-state index in [4.69, 9.17) is 0 Å². The van der Waals surface area contributed by atoms with Gasteiger partial charge in [0, 0.05) is 38.6 Å². The first kappa shape index (κ1) is 12.1. The molecule has 1 amide bonds. The SMILES string of the molecule is O=C(CNCCn1ccnc1)N1CCCCC1. The van der Waals surface area contributed by atoms with Crippen LogP contribution in [0.1, 0.15) is 19.3 Å². The highest BCUT2D eigenvalue weighted by molar-refractivity contribution is 5.78. The number of hydrogen-bond donors (Lipinski definition) is 1. The number of hydrogen-bond acceptors (Lipinski definition) is 3. The quantitative estimate of drug-likeness (QED) is 0.757. The van der Waals surface area contributed by atoms with Gasteiger partial charge in [-0.05, 0) is 19.3 Å². The number of carbonyl (C=O) groups is 1. The lowest BCUT2D eigenvalue weighted by Gasteiger charge is -2.26. The number of carbonyl (C=O) groups excluding carboxylic acids is 1. The maximum atomic E-state index is 11.8. The summed E-state index contributed by atoms with van der Waals surface area (Å²) in [6, 6.07) is 0. The van der Waals surface area contributed by atoms with Crippen molar-refractivity contribution in [3.8, 4) is 0 Å². The van der Waals surface area contributed by atoms with Crippen molar-refractivity contribution in [2.75, 3.05) is 26.2 Å². The minimum absolute atomic E-state index is 0.232. The molecule has 1 aliphatic heterocycles. The molecule has 0 atom stereocenters. The highest BCUT2D eigenvalue weighted by atomic mass is 16.2. The monoisotopic (exact) mass is 236 g/mol. The normalized spacial score (nSPS) is 16.1. The van der Waals surface area contributed by atoms with E-state index in [9.17, 15) is 4.79 Å². The van der Waals surface area contributed by atoms with Gasteiger partial charge in [0.2, 0.25) is 5.91 Å². The van der Waals surface area contributed by atoms with Crippen LogP contribution in [0.5, 0.6) is 0 Å². The van der Waals surface area contributed by atoms with Gasteiger partial charge in [-0.25, -0.2) is 4.98 Å². The smallest absolute Gasteiger partial charge is 0.236 e. The van der Waals surface area contributed by atoms with E-state index in [1.165, 1.54) is 6.42 Å². The van der Waals surface area contributed by atoms with Gasteiger partial charge in [-0.15, -0.1) is 0 Å². The molecule has 1 aromatic rings. The Hall–Kier alpha value is -1.36. The Kier molecular flexibility index (Phi) is 4.55. The number of likely N-dealkylation sites (tertiary alicyclic amines) is 1. The molecule has 2 heterocycles. The molecule has 0 unspecified atom stereocenters. The predicted molar refractivity (Wildman–Crippen MR) is 65.5 cm³/mol. The average Bonchev–Trinajstić information content (AvgIpc) is 2.88. The minimum Gasteiger partial charge on any atom is -0.342 e. The van der Waals surface area contributed by atoms with Gasteiger partial charge in [0.1, 0.15) is 0 Å². The van der Waals surface area contributed by atoms with Crippen LogP contribution in [-0.4, -0.2) is 46.5 Å². The predicted octanol–water partition coefficient (Wildman–Crippen LogP) is 0.485. The van der Waals surface area contributed by atoms with Gasteiger partial charge in [-0.1, -0.05) is 0 Å². The Bertz CT molecular complexity index is 330. The second kappa shape index (κ2) is 6.39. The summed E-state index contributed by atoms with van der Waals surface area (Å²) in [7, 11) is 0. The highest BCUT2D eigenvalue weighted by Gasteiger charge is 2.15. The Balaban J connectivity index is 1.59. The molecule has 1 saturated heterocycles. The van der Waals surface area contributed by atoms with Crippen molar-refractivity contribution >= 4 is 5.91 Å². The molecule has 0 aromatic carbocycles. The molecule has 5 heteroatoms. The number of nitrogens with zero attached hydrogens (tertiary/aromatic N) is 3. The number of imidazole rings is 1. The summed E-state index contributed by atoms with van der Waals surface area (Å²) >= 11 is 0. The third-order valence-corrected chi connectivity index (χ3v) is 3.09. The van der Waals surface area contributed by atoms with E-state index in [-0.39, 0.29) is 5.91 Å². The molecule has 0 aliphatic carbocycles. The molecule has 0 saturated carbocycles. The van der Waals surface area contributed by atoms with Crippen LogP contribution in [0.2, 0.25) is 0 Å². The van der Waals surface area contributed by atoms with E-state index in [0.717, 1.165) is 39.0 Å². The summed E-state index contributed by atoms with van der Waals surface area (Å²) in [6.45, 7) is 3.97. The summed E-state index contributed by atoms with van der Waals surface area (Å²) in [4.78, 5) is 17.7. The van der Waals surface area contributed by atoms with Gasteiger partial charge in [-0.3, -0.25) is 4.79 Å². The summed E-state index contributed by atoms with van der Waals surface area (Å²) in [5.74, 6) is 0.232. The number of rotatable bonds is 5. The fourth-order valence-corrected chi connectivity index (χ4v) is 2.08. The van der Waals surface area contributed by atoms with Gasteiger partial charge in [0.25, 0.3) is 0 Å². The van der Waals surface area contributed by atoms with Crippen LogP contribution >= 0.6 is 0 Å². The average molecular weight is 236 g/mol. The lowest BCUT2D eigenvalue weighted by atomic mass is 10.1. The molecule has 0 bridgehead atoms. The largest absolute Gasteiger partial charge is 0.342 e. The van der Waals surface area contributed by atoms with Crippen LogP contribution < -0.4 is 5.32 Å². The van der Waals surface area contributed by atoms with Crippen LogP contribution in [0.25, 0.3) is 0 Å². The lowest BCUT2D eigenvalue weighted by molar-refractivity contribution is -0.131. The third kappa shape index (κ3) is 3.85. The van der Waals surface area contributed by atoms with Crippen molar-refractivity contribution in [1.29, 1.82) is 0 Å². The van der Waals surface area contributed by atoms with Crippen LogP contribution in [0.15, 0.2) is 18.7 Å². The fourth-order valence-electron chi connectivity index (χ4n) is 2.08. The van der Waals surface area contributed by atoms with Crippen molar-refractivity contribution < 1.29 is 4.79 Å². The van der Waals surface area contributed by atoms with Gasteiger partial charge >= 0.3 is 0 Å². The summed E-state index contributed by atoms with van der Waals surface area (Å²) < 4.78 is 2.00. The minimum atomic E-state index is 0.232. The molecule has 5 nitrogen and oxygen atoms in total. The number of nitrogens with one attached hydrogen (secondary N) is 1. The van der Waals surface area contributed by atoms with Gasteiger partial charge in [0.05, 0.1) is 12.9 Å². The molecule has 1 aliphatic rings. The van der Waals surface area contributed by atoms with Gasteiger partial charge in [0.15, 0.2) is 0 Å². The van der Waals surface area contributed by atoms with Crippen LogP contribution in [0.3, 0.4) is 0 Å². The summed E-state index contributed by atoms with van der Waals surface area (Å²) in [5.41, 5.74) is 0. The topological polar surface area (TPSA) is 50.2 Å². The number of piperidine rings is 1. The Morgan fingerprint density at radius 1 is 1.29 bits per heavy atom. The molecule has 1 fully saturated rings.